The Morgan fingerprint density at radius 3 is 2.77 bits per heavy atom. The van der Waals surface area contributed by atoms with E-state index in [1.54, 1.807) is 0 Å². The van der Waals surface area contributed by atoms with Crippen LogP contribution in [0.15, 0.2) is 0 Å². The molecule has 1 fully saturated rings. The maximum Gasteiger partial charge on any atom is 0.0438 e. The summed E-state index contributed by atoms with van der Waals surface area (Å²) in [6.45, 7) is 2.69. The summed E-state index contributed by atoms with van der Waals surface area (Å²) < 4.78 is 0. The van der Waals surface area contributed by atoms with Gasteiger partial charge in [0.1, 0.15) is 0 Å². The van der Waals surface area contributed by atoms with Crippen molar-refractivity contribution in [1.82, 2.24) is 5.32 Å². The van der Waals surface area contributed by atoms with E-state index in [9.17, 15) is 0 Å². The molecule has 0 atom stereocenters. The molecule has 0 aliphatic heterocycles. The summed E-state index contributed by atoms with van der Waals surface area (Å²) in [4.78, 5) is 0. The fraction of sp³-hybridized carbons (Fsp3) is 1.00. The summed E-state index contributed by atoms with van der Waals surface area (Å²) in [6.07, 6.45) is 5.25. The monoisotopic (exact) mass is 203 g/mol. The van der Waals surface area contributed by atoms with Crippen LogP contribution in [0, 0.1) is 5.92 Å². The van der Waals surface area contributed by atoms with Gasteiger partial charge in [0, 0.05) is 18.9 Å². The Morgan fingerprint density at radius 1 is 1.31 bits per heavy atom. The van der Waals surface area contributed by atoms with E-state index in [4.69, 9.17) is 5.11 Å². The van der Waals surface area contributed by atoms with Gasteiger partial charge in [-0.25, -0.2) is 0 Å². The second-order valence-corrected chi connectivity index (χ2v) is 4.92. The lowest BCUT2D eigenvalue weighted by Crippen LogP contribution is -2.28. The lowest BCUT2D eigenvalue weighted by molar-refractivity contribution is 0.296. The second kappa shape index (κ2) is 7.65. The Hall–Kier alpha value is 0.270. The minimum Gasteiger partial charge on any atom is -0.396 e. The molecular weight excluding hydrogens is 182 g/mol. The Balaban J connectivity index is 1.68. The molecule has 1 aliphatic rings. The van der Waals surface area contributed by atoms with Gasteiger partial charge < -0.3 is 10.4 Å². The van der Waals surface area contributed by atoms with E-state index in [1.807, 2.05) is 11.8 Å². The van der Waals surface area contributed by atoms with E-state index < -0.39 is 0 Å². The molecule has 0 heterocycles. The van der Waals surface area contributed by atoms with Crippen molar-refractivity contribution in [3.63, 3.8) is 0 Å². The van der Waals surface area contributed by atoms with Crippen LogP contribution < -0.4 is 5.32 Å². The molecule has 78 valence electrons. The van der Waals surface area contributed by atoms with Crippen LogP contribution in [0.5, 0.6) is 0 Å². The topological polar surface area (TPSA) is 32.3 Å². The zero-order valence-corrected chi connectivity index (χ0v) is 9.11. The van der Waals surface area contributed by atoms with Crippen LogP contribution in [0.1, 0.15) is 25.7 Å². The van der Waals surface area contributed by atoms with Crippen molar-refractivity contribution in [1.29, 1.82) is 0 Å². The summed E-state index contributed by atoms with van der Waals surface area (Å²) in [5, 5.41) is 12.0. The van der Waals surface area contributed by atoms with Gasteiger partial charge in [0.25, 0.3) is 0 Å². The van der Waals surface area contributed by atoms with E-state index >= 15 is 0 Å². The summed E-state index contributed by atoms with van der Waals surface area (Å²) in [5.74, 6) is 3.26. The molecule has 0 amide bonds. The molecule has 0 spiro atoms. The summed E-state index contributed by atoms with van der Waals surface area (Å²) in [5.41, 5.74) is 0. The second-order valence-electron chi connectivity index (χ2n) is 3.69. The van der Waals surface area contributed by atoms with E-state index in [0.717, 1.165) is 24.6 Å². The molecule has 0 aromatic rings. The number of nitrogens with one attached hydrogen (secondary N) is 1. The van der Waals surface area contributed by atoms with E-state index in [1.165, 1.54) is 31.6 Å². The molecule has 0 aromatic carbocycles. The Labute approximate surface area is 85.5 Å². The highest BCUT2D eigenvalue weighted by molar-refractivity contribution is 7.99. The smallest absolute Gasteiger partial charge is 0.0438 e. The first kappa shape index (κ1) is 11.3. The number of aliphatic hydroxyl groups is 1. The largest absolute Gasteiger partial charge is 0.396 e. The Bertz CT molecular complexity index is 117. The lowest BCUT2D eigenvalue weighted by atomic mass is 9.85. The normalized spacial score (nSPS) is 17.3. The number of hydrogen-bond donors (Lipinski definition) is 2. The predicted octanol–water partition coefficient (Wildman–Crippen LogP) is 1.49. The molecule has 2 N–H and O–H groups in total. The minimum absolute atomic E-state index is 0.336. The van der Waals surface area contributed by atoms with Crippen LogP contribution >= 0.6 is 11.8 Å². The van der Waals surface area contributed by atoms with Crippen molar-refractivity contribution < 1.29 is 5.11 Å². The van der Waals surface area contributed by atoms with Crippen LogP contribution in [0.25, 0.3) is 0 Å². The molecule has 0 bridgehead atoms. The predicted molar refractivity (Wildman–Crippen MR) is 59.2 cm³/mol. The van der Waals surface area contributed by atoms with Crippen LogP contribution in [-0.2, 0) is 0 Å². The summed E-state index contributed by atoms with van der Waals surface area (Å²) in [6, 6.07) is 0. The summed E-state index contributed by atoms with van der Waals surface area (Å²) in [7, 11) is 0. The first-order valence-corrected chi connectivity index (χ1v) is 6.48. The van der Waals surface area contributed by atoms with Gasteiger partial charge in [-0.2, -0.15) is 11.8 Å². The average Bonchev–Trinajstić information content (AvgIpc) is 2.07. The number of thioether (sulfide) groups is 1. The standard InChI is InChI=1S/C10H21NOS/c12-6-2-7-13-8-5-11-9-10-3-1-4-10/h10-12H,1-9H2. The molecule has 3 heteroatoms. The molecule has 0 saturated heterocycles. The van der Waals surface area contributed by atoms with Gasteiger partial charge in [-0.3, -0.25) is 0 Å². The molecule has 13 heavy (non-hydrogen) atoms. The molecule has 0 aromatic heterocycles. The van der Waals surface area contributed by atoms with Gasteiger partial charge in [0.15, 0.2) is 0 Å². The van der Waals surface area contributed by atoms with Gasteiger partial charge in [-0.05, 0) is 37.5 Å². The molecule has 1 rings (SSSR count). The van der Waals surface area contributed by atoms with Crippen molar-refractivity contribution >= 4 is 11.8 Å². The fourth-order valence-corrected chi connectivity index (χ4v) is 2.24. The van der Waals surface area contributed by atoms with Crippen molar-refractivity contribution in [2.75, 3.05) is 31.2 Å². The number of rotatable bonds is 8. The van der Waals surface area contributed by atoms with Gasteiger partial charge in [0.2, 0.25) is 0 Å². The summed E-state index contributed by atoms with van der Waals surface area (Å²) >= 11 is 1.93. The highest BCUT2D eigenvalue weighted by Crippen LogP contribution is 2.24. The highest BCUT2D eigenvalue weighted by atomic mass is 32.2. The van der Waals surface area contributed by atoms with Crippen molar-refractivity contribution in [2.45, 2.75) is 25.7 Å². The Morgan fingerprint density at radius 2 is 2.15 bits per heavy atom. The maximum atomic E-state index is 8.55. The molecular formula is C10H21NOS. The Kier molecular flexibility index (Phi) is 6.68. The van der Waals surface area contributed by atoms with E-state index in [-0.39, 0.29) is 0 Å². The third kappa shape index (κ3) is 5.55. The lowest BCUT2D eigenvalue weighted by Gasteiger charge is -2.25. The van der Waals surface area contributed by atoms with Crippen LogP contribution in [0.4, 0.5) is 0 Å². The zero-order chi connectivity index (χ0) is 9.36. The fourth-order valence-electron chi connectivity index (χ4n) is 1.42. The molecule has 2 nitrogen and oxygen atoms in total. The third-order valence-corrected chi connectivity index (χ3v) is 3.60. The van der Waals surface area contributed by atoms with E-state index in [2.05, 4.69) is 5.32 Å². The van der Waals surface area contributed by atoms with Gasteiger partial charge >= 0.3 is 0 Å². The number of hydrogen-bond acceptors (Lipinski definition) is 3. The number of aliphatic hydroxyl groups excluding tert-OH is 1. The molecule has 0 unspecified atom stereocenters. The minimum atomic E-state index is 0.336. The zero-order valence-electron chi connectivity index (χ0n) is 8.30. The van der Waals surface area contributed by atoms with Crippen molar-refractivity contribution in [2.24, 2.45) is 5.92 Å². The van der Waals surface area contributed by atoms with Crippen molar-refractivity contribution in [3.8, 4) is 0 Å². The van der Waals surface area contributed by atoms with E-state index in [0.29, 0.717) is 6.61 Å². The average molecular weight is 203 g/mol. The van der Waals surface area contributed by atoms with Gasteiger partial charge in [0.05, 0.1) is 0 Å². The molecule has 0 radical (unpaired) electrons. The third-order valence-electron chi connectivity index (χ3n) is 2.53. The SMILES string of the molecule is OCCCSCCNCC1CCC1. The van der Waals surface area contributed by atoms with Gasteiger partial charge in [-0.1, -0.05) is 6.42 Å². The molecule has 1 saturated carbocycles. The van der Waals surface area contributed by atoms with Crippen LogP contribution in [0.2, 0.25) is 0 Å². The first-order chi connectivity index (χ1) is 6.43. The van der Waals surface area contributed by atoms with Crippen molar-refractivity contribution in [3.05, 3.63) is 0 Å². The quantitative estimate of drug-likeness (QED) is 0.586. The van der Waals surface area contributed by atoms with Gasteiger partial charge in [-0.15, -0.1) is 0 Å². The van der Waals surface area contributed by atoms with Crippen LogP contribution in [-0.4, -0.2) is 36.3 Å². The maximum absolute atomic E-state index is 8.55. The molecule has 1 aliphatic carbocycles. The highest BCUT2D eigenvalue weighted by Gasteiger charge is 2.15. The van der Waals surface area contributed by atoms with Crippen LogP contribution in [0.3, 0.4) is 0 Å². The first-order valence-electron chi connectivity index (χ1n) is 5.33.